The molecule has 2 aromatic carbocycles. The lowest BCUT2D eigenvalue weighted by Gasteiger charge is -2.12. The molecule has 0 aromatic heterocycles. The zero-order valence-electron chi connectivity index (χ0n) is 19.1. The average Bonchev–Trinajstić information content (AvgIpc) is 2.77. The number of carbonyl (C=O) groups is 4. The van der Waals surface area contributed by atoms with Gasteiger partial charge in [-0.3, -0.25) is 14.4 Å². The van der Waals surface area contributed by atoms with Crippen LogP contribution < -0.4 is 5.32 Å². The number of alkyl halides is 3. The first-order chi connectivity index (χ1) is 15.8. The molecule has 0 saturated heterocycles. The van der Waals surface area contributed by atoms with Gasteiger partial charge in [-0.25, -0.2) is 4.79 Å². The standard InChI is InChI=1S/C21H18F3NO4.C3H7NO/c1-13(26)16-6-4-8-18(12-16)25-20(28)14(2)29-19(27)10-9-15-5-3-7-17(11-15)21(22,23)24;1-4(2)3-5/h3-12,14H,1-2H3,(H,25,28);3H,1-2H3/b10-9+;. The summed E-state index contributed by atoms with van der Waals surface area (Å²) in [4.78, 5) is 46.2. The smallest absolute Gasteiger partial charge is 0.416 e. The number of benzene rings is 2. The van der Waals surface area contributed by atoms with Gasteiger partial charge in [0.05, 0.1) is 5.56 Å². The third-order valence-corrected chi connectivity index (χ3v) is 4.04. The van der Waals surface area contributed by atoms with Crippen LogP contribution in [0, 0.1) is 0 Å². The topological polar surface area (TPSA) is 92.8 Å². The van der Waals surface area contributed by atoms with Gasteiger partial charge in [0.25, 0.3) is 5.91 Å². The number of ketones is 1. The highest BCUT2D eigenvalue weighted by molar-refractivity contribution is 5.99. The molecule has 1 N–H and O–H groups in total. The van der Waals surface area contributed by atoms with Crippen molar-refractivity contribution in [3.8, 4) is 0 Å². The summed E-state index contributed by atoms with van der Waals surface area (Å²) in [6, 6.07) is 10.7. The van der Waals surface area contributed by atoms with Gasteiger partial charge in [-0.15, -0.1) is 0 Å². The lowest BCUT2D eigenvalue weighted by Crippen LogP contribution is -2.29. The van der Waals surface area contributed by atoms with Crippen LogP contribution in [0.5, 0.6) is 0 Å². The van der Waals surface area contributed by atoms with E-state index in [1.54, 1.807) is 32.3 Å². The molecular formula is C24H25F3N2O5. The third kappa shape index (κ3) is 10.1. The predicted octanol–water partition coefficient (Wildman–Crippen LogP) is 4.20. The molecule has 0 aliphatic heterocycles. The van der Waals surface area contributed by atoms with Gasteiger partial charge in [0, 0.05) is 31.4 Å². The summed E-state index contributed by atoms with van der Waals surface area (Å²) in [5.41, 5.74) is 0.102. The summed E-state index contributed by atoms with van der Waals surface area (Å²) in [6.07, 6.45) is -2.79. The molecular weight excluding hydrogens is 453 g/mol. The van der Waals surface area contributed by atoms with Gasteiger partial charge in [-0.05, 0) is 49.8 Å². The molecule has 0 aliphatic carbocycles. The fraction of sp³-hybridized carbons (Fsp3) is 0.250. The molecule has 2 amide bonds. The molecule has 182 valence electrons. The SMILES string of the molecule is CC(=O)c1cccc(NC(=O)C(C)OC(=O)/C=C/c2cccc(C(F)(F)F)c2)c1.CN(C)C=O. The molecule has 0 saturated carbocycles. The number of nitrogens with one attached hydrogen (secondary N) is 1. The molecule has 0 radical (unpaired) electrons. The normalized spacial score (nSPS) is 11.6. The minimum atomic E-state index is -4.49. The van der Waals surface area contributed by atoms with Gasteiger partial charge in [0.15, 0.2) is 11.9 Å². The molecule has 7 nitrogen and oxygen atoms in total. The van der Waals surface area contributed by atoms with Crippen LogP contribution in [-0.2, 0) is 25.3 Å². The lowest BCUT2D eigenvalue weighted by molar-refractivity contribution is -0.148. The number of hydrogen-bond acceptors (Lipinski definition) is 5. The van der Waals surface area contributed by atoms with Gasteiger partial charge >= 0.3 is 12.1 Å². The van der Waals surface area contributed by atoms with Crippen molar-refractivity contribution in [1.29, 1.82) is 0 Å². The van der Waals surface area contributed by atoms with E-state index >= 15 is 0 Å². The fourth-order valence-electron chi connectivity index (χ4n) is 2.31. The van der Waals surface area contributed by atoms with E-state index in [0.29, 0.717) is 11.3 Å². The summed E-state index contributed by atoms with van der Waals surface area (Å²) in [7, 11) is 3.38. The number of ether oxygens (including phenoxy) is 1. The van der Waals surface area contributed by atoms with Gasteiger partial charge in [0.1, 0.15) is 0 Å². The first kappa shape index (κ1) is 28.1. The molecule has 34 heavy (non-hydrogen) atoms. The minimum Gasteiger partial charge on any atom is -0.449 e. The van der Waals surface area contributed by atoms with Crippen molar-refractivity contribution in [3.63, 3.8) is 0 Å². The van der Waals surface area contributed by atoms with E-state index in [9.17, 15) is 32.3 Å². The zero-order valence-corrected chi connectivity index (χ0v) is 19.1. The molecule has 0 spiro atoms. The van der Waals surface area contributed by atoms with Crippen LogP contribution in [0.25, 0.3) is 6.08 Å². The van der Waals surface area contributed by atoms with Gasteiger partial charge in [-0.2, -0.15) is 13.2 Å². The molecule has 10 heteroatoms. The van der Waals surface area contributed by atoms with Crippen molar-refractivity contribution >= 4 is 35.8 Å². The van der Waals surface area contributed by atoms with Gasteiger partial charge in [0.2, 0.25) is 6.41 Å². The van der Waals surface area contributed by atoms with Crippen LogP contribution in [0.2, 0.25) is 0 Å². The molecule has 1 atom stereocenters. The van der Waals surface area contributed by atoms with Crippen LogP contribution >= 0.6 is 0 Å². The Morgan fingerprint density at radius 1 is 1.06 bits per heavy atom. The minimum absolute atomic E-state index is 0.162. The first-order valence-corrected chi connectivity index (χ1v) is 9.93. The lowest BCUT2D eigenvalue weighted by atomic mass is 10.1. The van der Waals surface area contributed by atoms with Crippen molar-refractivity contribution in [1.82, 2.24) is 4.90 Å². The highest BCUT2D eigenvalue weighted by Gasteiger charge is 2.30. The Morgan fingerprint density at radius 3 is 2.24 bits per heavy atom. The number of carbonyl (C=O) groups excluding carboxylic acids is 4. The number of anilines is 1. The van der Waals surface area contributed by atoms with Crippen LogP contribution in [0.4, 0.5) is 18.9 Å². The Kier molecular flexibility index (Phi) is 10.7. The second-order valence-electron chi connectivity index (χ2n) is 7.23. The van der Waals surface area contributed by atoms with E-state index in [2.05, 4.69) is 5.32 Å². The molecule has 2 rings (SSSR count). The summed E-state index contributed by atoms with van der Waals surface area (Å²) < 4.78 is 43.0. The van der Waals surface area contributed by atoms with Gasteiger partial charge < -0.3 is 15.0 Å². The number of halogens is 3. The fourth-order valence-corrected chi connectivity index (χ4v) is 2.31. The summed E-state index contributed by atoms with van der Waals surface area (Å²) in [5.74, 6) is -1.67. The average molecular weight is 478 g/mol. The molecule has 2 aromatic rings. The molecule has 0 aliphatic rings. The van der Waals surface area contributed by atoms with Gasteiger partial charge in [-0.1, -0.05) is 24.3 Å². The molecule has 1 unspecified atom stereocenters. The Hall–Kier alpha value is -3.95. The molecule has 0 fully saturated rings. The van der Waals surface area contributed by atoms with Crippen LogP contribution in [0.15, 0.2) is 54.6 Å². The Balaban J connectivity index is 0.00000104. The number of nitrogens with zero attached hydrogens (tertiary/aromatic N) is 1. The zero-order chi connectivity index (χ0) is 25.9. The van der Waals surface area contributed by atoms with Crippen molar-refractivity contribution < 1.29 is 37.1 Å². The number of hydrogen-bond donors (Lipinski definition) is 1. The Bertz CT molecular complexity index is 1050. The second kappa shape index (κ2) is 12.9. The third-order valence-electron chi connectivity index (χ3n) is 4.04. The Labute approximate surface area is 195 Å². The van der Waals surface area contributed by atoms with E-state index in [1.165, 1.54) is 43.0 Å². The predicted molar refractivity (Wildman–Crippen MR) is 121 cm³/mol. The van der Waals surface area contributed by atoms with Crippen LogP contribution in [0.1, 0.15) is 35.3 Å². The summed E-state index contributed by atoms with van der Waals surface area (Å²) >= 11 is 0. The van der Waals surface area contributed by atoms with E-state index in [4.69, 9.17) is 4.74 Å². The molecule has 0 bridgehead atoms. The number of rotatable bonds is 7. The highest BCUT2D eigenvalue weighted by atomic mass is 19.4. The van der Waals surface area contributed by atoms with E-state index < -0.39 is 29.7 Å². The number of esters is 1. The van der Waals surface area contributed by atoms with Crippen LogP contribution in [-0.4, -0.2) is 49.2 Å². The number of Topliss-reactive ketones (excluding diaryl/α,β-unsaturated/α-hetero) is 1. The monoisotopic (exact) mass is 478 g/mol. The van der Waals surface area contributed by atoms with E-state index in [0.717, 1.165) is 24.6 Å². The number of amides is 2. The Morgan fingerprint density at radius 2 is 1.68 bits per heavy atom. The maximum atomic E-state index is 12.7. The quantitative estimate of drug-likeness (QED) is 0.279. The van der Waals surface area contributed by atoms with Crippen LogP contribution in [0.3, 0.4) is 0 Å². The van der Waals surface area contributed by atoms with E-state index in [-0.39, 0.29) is 11.3 Å². The highest BCUT2D eigenvalue weighted by Crippen LogP contribution is 2.29. The van der Waals surface area contributed by atoms with Crippen molar-refractivity contribution in [2.75, 3.05) is 19.4 Å². The molecule has 0 heterocycles. The van der Waals surface area contributed by atoms with Crippen molar-refractivity contribution in [2.45, 2.75) is 26.1 Å². The maximum Gasteiger partial charge on any atom is 0.416 e. The summed E-state index contributed by atoms with van der Waals surface area (Å²) in [5, 5.41) is 2.52. The first-order valence-electron chi connectivity index (χ1n) is 9.93. The van der Waals surface area contributed by atoms with E-state index in [1.807, 2.05) is 0 Å². The van der Waals surface area contributed by atoms with Crippen molar-refractivity contribution in [3.05, 3.63) is 71.3 Å². The largest absolute Gasteiger partial charge is 0.449 e. The van der Waals surface area contributed by atoms with Crippen molar-refractivity contribution in [2.24, 2.45) is 0 Å². The second-order valence-corrected chi connectivity index (χ2v) is 7.23. The maximum absolute atomic E-state index is 12.7. The summed E-state index contributed by atoms with van der Waals surface area (Å²) in [6.45, 7) is 2.74.